The minimum atomic E-state index is -0.826. The summed E-state index contributed by atoms with van der Waals surface area (Å²) in [5.41, 5.74) is 1.23. The Labute approximate surface area is 120 Å². The van der Waals surface area contributed by atoms with Crippen molar-refractivity contribution in [3.63, 3.8) is 0 Å². The first-order valence-electron chi connectivity index (χ1n) is 6.08. The van der Waals surface area contributed by atoms with Crippen molar-refractivity contribution in [1.82, 2.24) is 9.97 Å². The van der Waals surface area contributed by atoms with Crippen LogP contribution in [0.3, 0.4) is 0 Å². The van der Waals surface area contributed by atoms with E-state index in [0.717, 1.165) is 10.9 Å². The molecule has 4 nitrogen and oxygen atoms in total. The molecule has 0 amide bonds. The number of aliphatic hydroxyl groups is 1. The summed E-state index contributed by atoms with van der Waals surface area (Å²) in [5.74, 6) is 0.658. The van der Waals surface area contributed by atoms with Gasteiger partial charge in [-0.3, -0.25) is 9.97 Å². The highest BCUT2D eigenvalue weighted by molar-refractivity contribution is 9.10. The minimum absolute atomic E-state index is 0.567. The second kappa shape index (κ2) is 6.63. The first-order chi connectivity index (χ1) is 9.22. The van der Waals surface area contributed by atoms with Gasteiger partial charge >= 0.3 is 0 Å². The lowest BCUT2D eigenvalue weighted by Gasteiger charge is -2.13. The number of hydrogen-bond acceptors (Lipinski definition) is 4. The van der Waals surface area contributed by atoms with Gasteiger partial charge in [-0.15, -0.1) is 0 Å². The van der Waals surface area contributed by atoms with Gasteiger partial charge in [-0.25, -0.2) is 0 Å². The maximum absolute atomic E-state index is 10.3. The van der Waals surface area contributed by atoms with Gasteiger partial charge in [0, 0.05) is 22.4 Å². The first-order valence-corrected chi connectivity index (χ1v) is 6.88. The average molecular weight is 323 g/mol. The third-order valence-corrected chi connectivity index (χ3v) is 3.24. The largest absolute Gasteiger partial charge is 0.492 e. The number of rotatable bonds is 5. The Balaban J connectivity index is 2.24. The van der Waals surface area contributed by atoms with E-state index >= 15 is 0 Å². The second-order valence-corrected chi connectivity index (χ2v) is 4.93. The molecule has 0 aliphatic carbocycles. The molecule has 0 bridgehead atoms. The monoisotopic (exact) mass is 322 g/mol. The van der Waals surface area contributed by atoms with Crippen molar-refractivity contribution >= 4 is 15.9 Å². The Morgan fingerprint density at radius 1 is 1.42 bits per heavy atom. The Bertz CT molecular complexity index is 548. The molecule has 1 atom stereocenters. The summed E-state index contributed by atoms with van der Waals surface area (Å²) in [6.45, 7) is 2.67. The lowest BCUT2D eigenvalue weighted by molar-refractivity contribution is 0.213. The van der Waals surface area contributed by atoms with Gasteiger partial charge < -0.3 is 9.84 Å². The fourth-order valence-corrected chi connectivity index (χ4v) is 2.11. The van der Waals surface area contributed by atoms with E-state index in [9.17, 15) is 5.11 Å². The molecule has 2 aromatic rings. The molecule has 0 saturated heterocycles. The van der Waals surface area contributed by atoms with E-state index in [1.54, 1.807) is 30.7 Å². The summed E-state index contributed by atoms with van der Waals surface area (Å²) in [6, 6.07) is 5.43. The minimum Gasteiger partial charge on any atom is -0.492 e. The lowest BCUT2D eigenvalue weighted by atomic mass is 10.1. The van der Waals surface area contributed by atoms with Crippen LogP contribution < -0.4 is 4.74 Å². The molecule has 0 aliphatic heterocycles. The molecule has 0 saturated carbocycles. The number of pyridine rings is 2. The van der Waals surface area contributed by atoms with Crippen molar-refractivity contribution in [2.75, 3.05) is 6.61 Å². The molecule has 19 heavy (non-hydrogen) atoms. The highest BCUT2D eigenvalue weighted by Gasteiger charge is 2.15. The quantitative estimate of drug-likeness (QED) is 0.919. The van der Waals surface area contributed by atoms with Gasteiger partial charge in [0.15, 0.2) is 0 Å². The third-order valence-electron chi connectivity index (χ3n) is 2.57. The summed E-state index contributed by atoms with van der Waals surface area (Å²) in [6.07, 6.45) is 5.00. The molecule has 0 radical (unpaired) electrons. The van der Waals surface area contributed by atoms with Crippen LogP contribution in [0.1, 0.15) is 30.7 Å². The Morgan fingerprint density at radius 2 is 2.26 bits per heavy atom. The smallest absolute Gasteiger partial charge is 0.137 e. The zero-order valence-corrected chi connectivity index (χ0v) is 12.2. The summed E-state index contributed by atoms with van der Waals surface area (Å²) in [7, 11) is 0. The van der Waals surface area contributed by atoms with Crippen molar-refractivity contribution in [2.24, 2.45) is 0 Å². The first kappa shape index (κ1) is 14.0. The molecule has 5 heteroatoms. The van der Waals surface area contributed by atoms with Gasteiger partial charge in [-0.2, -0.15) is 0 Å². The van der Waals surface area contributed by atoms with Crippen molar-refractivity contribution in [3.05, 3.63) is 52.5 Å². The fourth-order valence-electron chi connectivity index (χ4n) is 1.64. The zero-order valence-electron chi connectivity index (χ0n) is 10.6. The predicted octanol–water partition coefficient (Wildman–Crippen LogP) is 3.11. The number of ether oxygens (including phenoxy) is 1. The van der Waals surface area contributed by atoms with Crippen LogP contribution in [0.2, 0.25) is 0 Å². The van der Waals surface area contributed by atoms with E-state index in [2.05, 4.69) is 25.9 Å². The van der Waals surface area contributed by atoms with Crippen LogP contribution >= 0.6 is 15.9 Å². The highest BCUT2D eigenvalue weighted by atomic mass is 79.9. The van der Waals surface area contributed by atoms with Crippen LogP contribution in [0, 0.1) is 0 Å². The Morgan fingerprint density at radius 3 is 3.00 bits per heavy atom. The maximum Gasteiger partial charge on any atom is 0.137 e. The molecule has 1 unspecified atom stereocenters. The molecule has 0 fully saturated rings. The Hall–Kier alpha value is -1.46. The molecule has 1 N–H and O–H groups in total. The lowest BCUT2D eigenvalue weighted by Crippen LogP contribution is -2.04. The second-order valence-electron chi connectivity index (χ2n) is 4.08. The molecule has 0 spiro atoms. The van der Waals surface area contributed by atoms with E-state index in [-0.39, 0.29) is 0 Å². The topological polar surface area (TPSA) is 55.2 Å². The molecular formula is C14H15BrN2O2. The molecule has 2 aromatic heterocycles. The summed E-state index contributed by atoms with van der Waals surface area (Å²) < 4.78 is 6.27. The van der Waals surface area contributed by atoms with Gasteiger partial charge in [0.25, 0.3) is 0 Å². The van der Waals surface area contributed by atoms with Gasteiger partial charge in [-0.05, 0) is 40.5 Å². The van der Waals surface area contributed by atoms with Gasteiger partial charge in [0.2, 0.25) is 0 Å². The Kier molecular flexibility index (Phi) is 4.87. The fraction of sp³-hybridized carbons (Fsp3) is 0.286. The number of aliphatic hydroxyl groups excluding tert-OH is 1. The predicted molar refractivity (Wildman–Crippen MR) is 76.0 cm³/mol. The molecule has 2 heterocycles. The van der Waals surface area contributed by atoms with Crippen LogP contribution in [0.15, 0.2) is 41.3 Å². The number of hydrogen-bond donors (Lipinski definition) is 1. The molecule has 0 aliphatic rings. The van der Waals surface area contributed by atoms with E-state index in [1.807, 2.05) is 13.0 Å². The standard InChI is InChI=1S/C14H15BrN2O2/c1-2-6-19-11-7-10(8-16-9-11)14(18)13-12(15)4-3-5-17-13/h3-5,7-9,14,18H,2,6H2,1H3. The maximum atomic E-state index is 10.3. The van der Waals surface area contributed by atoms with E-state index < -0.39 is 6.10 Å². The van der Waals surface area contributed by atoms with E-state index in [4.69, 9.17) is 4.74 Å². The number of halogens is 1. The van der Waals surface area contributed by atoms with Crippen molar-refractivity contribution < 1.29 is 9.84 Å². The van der Waals surface area contributed by atoms with Crippen molar-refractivity contribution in [1.29, 1.82) is 0 Å². The normalized spacial score (nSPS) is 12.2. The van der Waals surface area contributed by atoms with Crippen LogP contribution in [0.25, 0.3) is 0 Å². The summed E-state index contributed by atoms with van der Waals surface area (Å²) >= 11 is 3.38. The summed E-state index contributed by atoms with van der Waals surface area (Å²) in [5, 5.41) is 10.3. The van der Waals surface area contributed by atoms with Crippen LogP contribution in [0.5, 0.6) is 5.75 Å². The molecule has 0 aromatic carbocycles. The van der Waals surface area contributed by atoms with Crippen molar-refractivity contribution in [3.8, 4) is 5.75 Å². The van der Waals surface area contributed by atoms with Gasteiger partial charge in [0.1, 0.15) is 11.9 Å². The van der Waals surface area contributed by atoms with Crippen molar-refractivity contribution in [2.45, 2.75) is 19.4 Å². The summed E-state index contributed by atoms with van der Waals surface area (Å²) in [4.78, 5) is 8.27. The SMILES string of the molecule is CCCOc1cncc(C(O)c2ncccc2Br)c1. The van der Waals surface area contributed by atoms with Crippen LogP contribution in [0.4, 0.5) is 0 Å². The van der Waals surface area contributed by atoms with E-state index in [0.29, 0.717) is 23.6 Å². The zero-order chi connectivity index (χ0) is 13.7. The van der Waals surface area contributed by atoms with Gasteiger partial charge in [-0.1, -0.05) is 6.92 Å². The van der Waals surface area contributed by atoms with Gasteiger partial charge in [0.05, 0.1) is 18.5 Å². The molecule has 100 valence electrons. The van der Waals surface area contributed by atoms with E-state index in [1.165, 1.54) is 0 Å². The third kappa shape index (κ3) is 3.52. The van der Waals surface area contributed by atoms with Crippen LogP contribution in [-0.4, -0.2) is 21.7 Å². The number of nitrogens with zero attached hydrogens (tertiary/aromatic N) is 2. The number of aromatic nitrogens is 2. The highest BCUT2D eigenvalue weighted by Crippen LogP contribution is 2.27. The molecule has 2 rings (SSSR count). The molecular weight excluding hydrogens is 308 g/mol. The average Bonchev–Trinajstić information content (AvgIpc) is 2.45. The van der Waals surface area contributed by atoms with Crippen LogP contribution in [-0.2, 0) is 0 Å².